The van der Waals surface area contributed by atoms with Gasteiger partial charge in [0.1, 0.15) is 5.82 Å². The fraction of sp³-hybridized carbons (Fsp3) is 0.308. The predicted molar refractivity (Wildman–Crippen MR) is 133 cm³/mol. The third-order valence-corrected chi connectivity index (χ3v) is 6.61. The first-order valence-corrected chi connectivity index (χ1v) is 11.5. The molecule has 1 aromatic carbocycles. The average Bonchev–Trinajstić information content (AvgIpc) is 3.38. The molecule has 2 N–H and O–H groups in total. The summed E-state index contributed by atoms with van der Waals surface area (Å²) in [6.45, 7) is 7.38. The molecular weight excluding hydrogens is 424 g/mol. The van der Waals surface area contributed by atoms with Gasteiger partial charge in [-0.1, -0.05) is 37.3 Å². The average molecular weight is 453 g/mol. The van der Waals surface area contributed by atoms with E-state index in [0.717, 1.165) is 47.8 Å². The monoisotopic (exact) mass is 452 g/mol. The Morgan fingerprint density at radius 2 is 1.97 bits per heavy atom. The van der Waals surface area contributed by atoms with Crippen LogP contribution in [0.25, 0.3) is 16.7 Å². The summed E-state index contributed by atoms with van der Waals surface area (Å²) in [6, 6.07) is 18.6. The highest BCUT2D eigenvalue weighted by Gasteiger charge is 2.41. The number of likely N-dealkylation sites (tertiary alicyclic amines) is 1. The summed E-state index contributed by atoms with van der Waals surface area (Å²) in [7, 11) is 0. The quantitative estimate of drug-likeness (QED) is 0.399. The molecule has 1 aliphatic rings. The summed E-state index contributed by atoms with van der Waals surface area (Å²) in [6.07, 6.45) is 4.07. The smallest absolute Gasteiger partial charge is 0.161 e. The van der Waals surface area contributed by atoms with Gasteiger partial charge in [0.25, 0.3) is 0 Å². The Morgan fingerprint density at radius 3 is 2.71 bits per heavy atom. The number of aromatic nitrogens is 4. The number of nitriles is 1. The normalized spacial score (nSPS) is 15.6. The number of pyridine rings is 1. The number of aryl methyl sites for hydroxylation is 1. The lowest BCUT2D eigenvalue weighted by molar-refractivity contribution is 0.0599. The zero-order valence-corrected chi connectivity index (χ0v) is 19.5. The number of likely N-dealkylation sites (N-methyl/N-ethyl adjacent to an activating group) is 1. The van der Waals surface area contributed by atoms with E-state index in [1.807, 2.05) is 47.9 Å². The molecule has 1 saturated heterocycles. The number of nitrogens with one attached hydrogen (secondary N) is 2. The molecule has 172 valence electrons. The fourth-order valence-electron chi connectivity index (χ4n) is 4.83. The van der Waals surface area contributed by atoms with Gasteiger partial charge in [-0.25, -0.2) is 0 Å². The summed E-state index contributed by atoms with van der Waals surface area (Å²) >= 11 is 0. The molecule has 5 rings (SSSR count). The van der Waals surface area contributed by atoms with E-state index in [0.29, 0.717) is 18.7 Å². The molecule has 0 radical (unpaired) electrons. The second kappa shape index (κ2) is 8.76. The van der Waals surface area contributed by atoms with E-state index in [1.165, 1.54) is 5.56 Å². The molecule has 0 spiro atoms. The van der Waals surface area contributed by atoms with Crippen LogP contribution in [0.3, 0.4) is 0 Å². The highest BCUT2D eigenvalue weighted by Crippen LogP contribution is 2.26. The van der Waals surface area contributed by atoms with Crippen LogP contribution < -0.4 is 5.32 Å². The van der Waals surface area contributed by atoms with Crippen LogP contribution in [0.2, 0.25) is 0 Å². The van der Waals surface area contributed by atoms with E-state index in [9.17, 15) is 5.26 Å². The van der Waals surface area contributed by atoms with E-state index >= 15 is 0 Å². The lowest BCUT2D eigenvalue weighted by Gasteiger charge is -2.49. The van der Waals surface area contributed by atoms with Crippen LogP contribution in [-0.2, 0) is 6.54 Å². The van der Waals surface area contributed by atoms with Gasteiger partial charge in [0, 0.05) is 19.6 Å². The molecule has 8 nitrogen and oxygen atoms in total. The maximum Gasteiger partial charge on any atom is 0.161 e. The van der Waals surface area contributed by atoms with Crippen molar-refractivity contribution in [1.29, 1.82) is 10.7 Å². The van der Waals surface area contributed by atoms with Crippen molar-refractivity contribution in [2.75, 3.05) is 19.6 Å². The van der Waals surface area contributed by atoms with Gasteiger partial charge in [-0.15, -0.1) is 10.2 Å². The number of rotatable bonds is 8. The van der Waals surface area contributed by atoms with E-state index in [-0.39, 0.29) is 5.54 Å². The van der Waals surface area contributed by atoms with E-state index in [1.54, 1.807) is 6.08 Å². The highest BCUT2D eigenvalue weighted by molar-refractivity contribution is 6.08. The first-order valence-electron chi connectivity index (χ1n) is 11.5. The molecule has 0 amide bonds. The lowest BCUT2D eigenvalue weighted by Crippen LogP contribution is -2.67. The second-order valence-electron chi connectivity index (χ2n) is 8.96. The fourth-order valence-corrected chi connectivity index (χ4v) is 4.83. The Labute approximate surface area is 198 Å². The summed E-state index contributed by atoms with van der Waals surface area (Å²) in [4.78, 5) is 2.30. The van der Waals surface area contributed by atoms with Gasteiger partial charge in [-0.2, -0.15) is 5.26 Å². The molecule has 1 aliphatic heterocycles. The minimum atomic E-state index is -0.232. The van der Waals surface area contributed by atoms with Crippen molar-refractivity contribution < 1.29 is 0 Å². The third kappa shape index (κ3) is 3.84. The van der Waals surface area contributed by atoms with Crippen LogP contribution in [0, 0.1) is 23.7 Å². The molecule has 0 saturated carbocycles. The van der Waals surface area contributed by atoms with Crippen molar-refractivity contribution in [3.8, 4) is 6.07 Å². The molecule has 0 bridgehead atoms. The molecule has 0 atom stereocenters. The lowest BCUT2D eigenvalue weighted by atomic mass is 9.87. The van der Waals surface area contributed by atoms with Gasteiger partial charge in [0.2, 0.25) is 0 Å². The van der Waals surface area contributed by atoms with Crippen LogP contribution in [0.1, 0.15) is 30.4 Å². The zero-order chi connectivity index (χ0) is 23.7. The Morgan fingerprint density at radius 1 is 1.18 bits per heavy atom. The molecule has 4 heterocycles. The summed E-state index contributed by atoms with van der Waals surface area (Å²) < 4.78 is 4.20. The standard InChI is InChI=1S/C26H28N8/c1-3-32-17-26(18-32,12-13-27)29-14-11-21(28)23-15-24-22(9-10-25-31-30-19(2)34(24)25)33(23)16-20-7-5-4-6-8-20/h4-11,14-15,28-29H,3,12,16-18H2,1-2H3/b14-11-,28-21?. The van der Waals surface area contributed by atoms with Crippen LogP contribution in [0.5, 0.6) is 0 Å². The van der Waals surface area contributed by atoms with Gasteiger partial charge in [0.15, 0.2) is 5.65 Å². The topological polar surface area (TPSA) is 98.0 Å². The number of benzene rings is 1. The Balaban J connectivity index is 1.50. The highest BCUT2D eigenvalue weighted by atomic mass is 15.3. The molecule has 0 unspecified atom stereocenters. The van der Waals surface area contributed by atoms with Crippen molar-refractivity contribution >= 4 is 22.4 Å². The Hall–Kier alpha value is -3.96. The van der Waals surface area contributed by atoms with Crippen molar-refractivity contribution in [2.45, 2.75) is 32.4 Å². The van der Waals surface area contributed by atoms with Gasteiger partial charge in [0.05, 0.1) is 40.5 Å². The molecule has 4 aromatic rings. The molecule has 1 fully saturated rings. The summed E-state index contributed by atoms with van der Waals surface area (Å²) in [5, 5.41) is 30.1. The minimum absolute atomic E-state index is 0.232. The number of hydrogen-bond donors (Lipinski definition) is 2. The zero-order valence-electron chi connectivity index (χ0n) is 19.5. The number of nitrogens with zero attached hydrogens (tertiary/aromatic N) is 6. The van der Waals surface area contributed by atoms with Crippen LogP contribution in [-0.4, -0.2) is 54.9 Å². The SMILES string of the molecule is CCN1CC(CC#N)(N/C=C\C(=N)c2cc3c(ccc4nnc(C)n43)n2Cc2ccccc2)C1. The second-order valence-corrected chi connectivity index (χ2v) is 8.96. The molecular formula is C26H28N8. The van der Waals surface area contributed by atoms with Crippen molar-refractivity contribution in [1.82, 2.24) is 29.4 Å². The number of fused-ring (bicyclic) bond motifs is 3. The first-order chi connectivity index (χ1) is 16.5. The third-order valence-electron chi connectivity index (χ3n) is 6.61. The maximum absolute atomic E-state index is 9.27. The summed E-state index contributed by atoms with van der Waals surface area (Å²) in [5.74, 6) is 0.816. The van der Waals surface area contributed by atoms with Crippen LogP contribution >= 0.6 is 0 Å². The van der Waals surface area contributed by atoms with Gasteiger partial charge in [-0.05, 0) is 49.5 Å². The van der Waals surface area contributed by atoms with Crippen molar-refractivity contribution in [2.24, 2.45) is 0 Å². The van der Waals surface area contributed by atoms with Crippen LogP contribution in [0.4, 0.5) is 0 Å². The molecule has 34 heavy (non-hydrogen) atoms. The molecule has 0 aliphatic carbocycles. The molecule has 3 aromatic heterocycles. The van der Waals surface area contributed by atoms with E-state index in [4.69, 9.17) is 5.41 Å². The largest absolute Gasteiger partial charge is 0.382 e. The van der Waals surface area contributed by atoms with Gasteiger partial charge in [-0.3, -0.25) is 14.7 Å². The maximum atomic E-state index is 9.27. The predicted octanol–water partition coefficient (Wildman–Crippen LogP) is 3.50. The Bertz CT molecular complexity index is 1410. The number of hydrogen-bond acceptors (Lipinski definition) is 6. The van der Waals surface area contributed by atoms with E-state index < -0.39 is 0 Å². The van der Waals surface area contributed by atoms with Crippen LogP contribution in [0.15, 0.2) is 60.8 Å². The van der Waals surface area contributed by atoms with Crippen molar-refractivity contribution in [3.63, 3.8) is 0 Å². The van der Waals surface area contributed by atoms with E-state index in [2.05, 4.69) is 56.2 Å². The van der Waals surface area contributed by atoms with Crippen molar-refractivity contribution in [3.05, 3.63) is 77.9 Å². The number of allylic oxidation sites excluding steroid dienone is 1. The van der Waals surface area contributed by atoms with Gasteiger partial charge >= 0.3 is 0 Å². The minimum Gasteiger partial charge on any atom is -0.382 e. The Kier molecular flexibility index (Phi) is 5.64. The van der Waals surface area contributed by atoms with Gasteiger partial charge < -0.3 is 9.88 Å². The molecule has 8 heteroatoms. The summed E-state index contributed by atoms with van der Waals surface area (Å²) in [5.41, 5.74) is 4.95. The first kappa shape index (κ1) is 21.9.